The molecule has 1 aromatic carbocycles. The Balaban J connectivity index is 3.13. The van der Waals surface area contributed by atoms with Crippen molar-refractivity contribution in [3.63, 3.8) is 0 Å². The second-order valence-electron chi connectivity index (χ2n) is 3.89. The summed E-state index contributed by atoms with van der Waals surface area (Å²) in [4.78, 5) is 22.9. The number of hydrogen-bond acceptors (Lipinski definition) is 6. The Kier molecular flexibility index (Phi) is 5.24. The van der Waals surface area contributed by atoms with E-state index in [0.29, 0.717) is 0 Å². The molecule has 0 N–H and O–H groups in total. The van der Waals surface area contributed by atoms with Crippen molar-refractivity contribution in [1.29, 1.82) is 0 Å². The number of nitrogens with zero attached hydrogens (tertiary/aromatic N) is 2. The lowest BCUT2D eigenvalue weighted by atomic mass is 10.2. The minimum Gasteiger partial charge on any atom is -0.494 e. The highest BCUT2D eigenvalue weighted by atomic mass is 19.1. The second kappa shape index (κ2) is 6.69. The van der Waals surface area contributed by atoms with E-state index in [1.807, 2.05) is 0 Å². The van der Waals surface area contributed by atoms with Crippen molar-refractivity contribution >= 4 is 17.3 Å². The summed E-state index contributed by atoms with van der Waals surface area (Å²) >= 11 is 0. The Morgan fingerprint density at radius 2 is 2.15 bits per heavy atom. The summed E-state index contributed by atoms with van der Waals surface area (Å²) in [5, 5.41) is 10.9. The molecule has 7 nitrogen and oxygen atoms in total. The molecule has 1 aromatic rings. The van der Waals surface area contributed by atoms with Gasteiger partial charge in [-0.05, 0) is 6.92 Å². The first-order chi connectivity index (χ1) is 9.40. The van der Waals surface area contributed by atoms with Crippen molar-refractivity contribution in [1.82, 2.24) is 0 Å². The molecule has 0 unspecified atom stereocenters. The average Bonchev–Trinajstić information content (AvgIpc) is 2.38. The highest BCUT2D eigenvalue weighted by Gasteiger charge is 2.23. The van der Waals surface area contributed by atoms with E-state index in [1.165, 1.54) is 25.1 Å². The first-order valence-electron chi connectivity index (χ1n) is 5.79. The van der Waals surface area contributed by atoms with Crippen LogP contribution in [0.2, 0.25) is 0 Å². The molecule has 0 aromatic heterocycles. The zero-order valence-electron chi connectivity index (χ0n) is 11.4. The molecule has 0 heterocycles. The predicted octanol–water partition coefficient (Wildman–Crippen LogP) is 1.74. The topological polar surface area (TPSA) is 81.9 Å². The molecule has 0 saturated heterocycles. The van der Waals surface area contributed by atoms with Crippen molar-refractivity contribution in [2.45, 2.75) is 6.92 Å². The van der Waals surface area contributed by atoms with Crippen molar-refractivity contribution in [3.8, 4) is 5.75 Å². The van der Waals surface area contributed by atoms with Crippen LogP contribution in [0, 0.1) is 15.9 Å². The van der Waals surface area contributed by atoms with Crippen molar-refractivity contribution in [2.24, 2.45) is 0 Å². The van der Waals surface area contributed by atoms with Crippen LogP contribution in [0.5, 0.6) is 5.75 Å². The average molecular weight is 286 g/mol. The fraction of sp³-hybridized carbons (Fsp3) is 0.417. The summed E-state index contributed by atoms with van der Waals surface area (Å²) in [7, 11) is 2.72. The van der Waals surface area contributed by atoms with Crippen LogP contribution in [-0.4, -0.2) is 38.2 Å². The molecule has 20 heavy (non-hydrogen) atoms. The lowest BCUT2D eigenvalue weighted by Crippen LogP contribution is -2.27. The molecule has 0 saturated carbocycles. The van der Waals surface area contributed by atoms with Crippen LogP contribution in [0.4, 0.5) is 15.8 Å². The first-order valence-corrected chi connectivity index (χ1v) is 5.79. The maximum Gasteiger partial charge on any atom is 0.325 e. The zero-order valence-corrected chi connectivity index (χ0v) is 11.4. The second-order valence-corrected chi connectivity index (χ2v) is 3.89. The summed E-state index contributed by atoms with van der Waals surface area (Å²) in [5.41, 5.74) is -0.378. The van der Waals surface area contributed by atoms with Crippen molar-refractivity contribution in [3.05, 3.63) is 28.1 Å². The SMILES string of the molecule is CCOC(=O)CN(C)c1cc(OC)c(F)cc1[N+](=O)[O-]. The normalized spacial score (nSPS) is 10.0. The molecule has 0 fully saturated rings. The molecule has 8 heteroatoms. The van der Waals surface area contributed by atoms with Crippen LogP contribution >= 0.6 is 0 Å². The Morgan fingerprint density at radius 1 is 1.50 bits per heavy atom. The van der Waals surface area contributed by atoms with Gasteiger partial charge in [0.2, 0.25) is 0 Å². The highest BCUT2D eigenvalue weighted by molar-refractivity contribution is 5.78. The van der Waals surface area contributed by atoms with Crippen LogP contribution in [0.1, 0.15) is 6.92 Å². The minimum atomic E-state index is -0.840. The van der Waals surface area contributed by atoms with Gasteiger partial charge in [0.1, 0.15) is 12.2 Å². The van der Waals surface area contributed by atoms with Crippen LogP contribution in [0.25, 0.3) is 0 Å². The minimum absolute atomic E-state index is 0.0707. The molecule has 0 spiro atoms. The Bertz CT molecular complexity index is 521. The first kappa shape index (κ1) is 15.7. The number of carbonyl (C=O) groups is 1. The summed E-state index contributed by atoms with van der Waals surface area (Å²) in [5.74, 6) is -1.51. The molecule has 0 atom stereocenters. The molecule has 0 amide bonds. The Morgan fingerprint density at radius 3 is 2.65 bits per heavy atom. The number of hydrogen-bond donors (Lipinski definition) is 0. The fourth-order valence-electron chi connectivity index (χ4n) is 1.63. The molecular weight excluding hydrogens is 271 g/mol. The summed E-state index contributed by atoms with van der Waals surface area (Å²) < 4.78 is 23.0. The van der Waals surface area contributed by atoms with E-state index in [9.17, 15) is 19.3 Å². The van der Waals surface area contributed by atoms with Crippen LogP contribution < -0.4 is 9.64 Å². The Hall–Kier alpha value is -2.38. The number of likely N-dealkylation sites (N-methyl/N-ethyl adjacent to an activating group) is 1. The summed E-state index contributed by atoms with van der Waals surface area (Å²) in [6.45, 7) is 1.67. The number of methoxy groups -OCH3 is 1. The number of rotatable bonds is 6. The lowest BCUT2D eigenvalue weighted by Gasteiger charge is -2.18. The van der Waals surface area contributed by atoms with Crippen LogP contribution in [0.15, 0.2) is 12.1 Å². The van der Waals surface area contributed by atoms with Gasteiger partial charge in [-0.25, -0.2) is 4.39 Å². The standard InChI is InChI=1S/C12H15FN2O5/c1-4-20-12(16)7-14(2)9-6-11(19-3)8(13)5-10(9)15(17)18/h5-6H,4,7H2,1-3H3. The number of halogens is 1. The van der Waals surface area contributed by atoms with Gasteiger partial charge >= 0.3 is 5.97 Å². The molecule has 0 radical (unpaired) electrons. The predicted molar refractivity (Wildman–Crippen MR) is 69.5 cm³/mol. The van der Waals surface area contributed by atoms with E-state index >= 15 is 0 Å². The van der Waals surface area contributed by atoms with Crippen LogP contribution in [0.3, 0.4) is 0 Å². The molecule has 0 aliphatic heterocycles. The zero-order chi connectivity index (χ0) is 15.3. The van der Waals surface area contributed by atoms with Gasteiger partial charge in [0.15, 0.2) is 11.6 Å². The van der Waals surface area contributed by atoms with Gasteiger partial charge in [0.25, 0.3) is 5.69 Å². The highest BCUT2D eigenvalue weighted by Crippen LogP contribution is 2.33. The Labute approximate surface area is 115 Å². The smallest absolute Gasteiger partial charge is 0.325 e. The van der Waals surface area contributed by atoms with E-state index < -0.39 is 22.4 Å². The maximum atomic E-state index is 13.5. The number of benzene rings is 1. The van der Waals surface area contributed by atoms with Gasteiger partial charge in [0.05, 0.1) is 24.7 Å². The molecule has 0 aliphatic carbocycles. The monoisotopic (exact) mass is 286 g/mol. The molecule has 0 aliphatic rings. The summed E-state index contributed by atoms with van der Waals surface area (Å²) in [6, 6.07) is 1.93. The number of carbonyl (C=O) groups excluding carboxylic acids is 1. The van der Waals surface area contributed by atoms with Crippen molar-refractivity contribution < 1.29 is 23.6 Å². The fourth-order valence-corrected chi connectivity index (χ4v) is 1.63. The maximum absolute atomic E-state index is 13.5. The quantitative estimate of drug-likeness (QED) is 0.450. The van der Waals surface area contributed by atoms with Gasteiger partial charge in [-0.15, -0.1) is 0 Å². The molecule has 110 valence electrons. The van der Waals surface area contributed by atoms with Gasteiger partial charge in [-0.1, -0.05) is 0 Å². The van der Waals surface area contributed by atoms with E-state index in [1.54, 1.807) is 6.92 Å². The molecular formula is C12H15FN2O5. The molecule has 0 bridgehead atoms. The summed E-state index contributed by atoms with van der Waals surface area (Å²) in [6.07, 6.45) is 0. The van der Waals surface area contributed by atoms with Gasteiger partial charge in [-0.2, -0.15) is 0 Å². The van der Waals surface area contributed by atoms with Crippen molar-refractivity contribution in [2.75, 3.05) is 32.2 Å². The van der Waals surface area contributed by atoms with E-state index in [4.69, 9.17) is 9.47 Å². The third-order valence-electron chi connectivity index (χ3n) is 2.53. The van der Waals surface area contributed by atoms with E-state index in [0.717, 1.165) is 6.07 Å². The molecule has 1 rings (SSSR count). The number of esters is 1. The van der Waals surface area contributed by atoms with Crippen LogP contribution in [-0.2, 0) is 9.53 Å². The van der Waals surface area contributed by atoms with Gasteiger partial charge in [0, 0.05) is 13.1 Å². The lowest BCUT2D eigenvalue weighted by molar-refractivity contribution is -0.384. The largest absolute Gasteiger partial charge is 0.494 e. The number of nitro groups is 1. The van der Waals surface area contributed by atoms with Gasteiger partial charge in [-0.3, -0.25) is 14.9 Å². The third-order valence-corrected chi connectivity index (χ3v) is 2.53. The number of ether oxygens (including phenoxy) is 2. The number of anilines is 1. The van der Waals surface area contributed by atoms with E-state index in [-0.39, 0.29) is 24.6 Å². The number of nitro benzene ring substituents is 1. The van der Waals surface area contributed by atoms with E-state index in [2.05, 4.69) is 0 Å². The van der Waals surface area contributed by atoms with Gasteiger partial charge < -0.3 is 14.4 Å². The third kappa shape index (κ3) is 3.56.